The van der Waals surface area contributed by atoms with Crippen LogP contribution >= 0.6 is 0 Å². The zero-order chi connectivity index (χ0) is 23.5. The summed E-state index contributed by atoms with van der Waals surface area (Å²) >= 11 is 0. The molecule has 10 nitrogen and oxygen atoms in total. The Bertz CT molecular complexity index is 1050. The number of fused-ring (bicyclic) bond motifs is 1. The van der Waals surface area contributed by atoms with Gasteiger partial charge in [0, 0.05) is 55.8 Å². The molecule has 0 N–H and O–H groups in total. The highest BCUT2D eigenvalue weighted by Gasteiger charge is 2.42. The van der Waals surface area contributed by atoms with E-state index in [0.29, 0.717) is 63.6 Å². The average molecular weight is 467 g/mol. The van der Waals surface area contributed by atoms with Crippen LogP contribution in [0.25, 0.3) is 0 Å². The van der Waals surface area contributed by atoms with Gasteiger partial charge in [0.25, 0.3) is 0 Å². The van der Waals surface area contributed by atoms with Gasteiger partial charge in [0.05, 0.1) is 33.0 Å². The van der Waals surface area contributed by atoms with Gasteiger partial charge in [-0.25, -0.2) is 4.99 Å². The largest absolute Gasteiger partial charge is 0.465 e. The zero-order valence-electron chi connectivity index (χ0n) is 19.6. The quantitative estimate of drug-likeness (QED) is 0.612. The molecule has 0 spiro atoms. The van der Waals surface area contributed by atoms with Crippen molar-refractivity contribution < 1.29 is 19.0 Å². The molecule has 0 bridgehead atoms. The van der Waals surface area contributed by atoms with Crippen LogP contribution in [0.3, 0.4) is 0 Å². The van der Waals surface area contributed by atoms with Crippen molar-refractivity contribution in [2.24, 2.45) is 10.9 Å². The minimum Gasteiger partial charge on any atom is -0.465 e. The van der Waals surface area contributed by atoms with E-state index in [1.165, 1.54) is 0 Å². The summed E-state index contributed by atoms with van der Waals surface area (Å²) in [6.45, 7) is 9.37. The number of morpholine rings is 2. The van der Waals surface area contributed by atoms with Crippen molar-refractivity contribution in [1.82, 2.24) is 15.0 Å². The number of nitrogens with zero attached hydrogens (tertiary/aromatic N) is 6. The van der Waals surface area contributed by atoms with Crippen molar-refractivity contribution in [3.05, 3.63) is 35.7 Å². The maximum Gasteiger partial charge on any atom is 0.315 e. The molecule has 0 radical (unpaired) electrons. The number of esters is 1. The Kier molecular flexibility index (Phi) is 6.68. The summed E-state index contributed by atoms with van der Waals surface area (Å²) in [5.74, 6) is 0.818. The summed E-state index contributed by atoms with van der Waals surface area (Å²) in [5, 5.41) is 0. The Morgan fingerprint density at radius 1 is 1.09 bits per heavy atom. The van der Waals surface area contributed by atoms with Gasteiger partial charge in [-0.2, -0.15) is 9.97 Å². The smallest absolute Gasteiger partial charge is 0.315 e. The first-order chi connectivity index (χ1) is 16.7. The molecule has 3 aliphatic heterocycles. The lowest BCUT2D eigenvalue weighted by Crippen LogP contribution is -2.41. The Labute approximate surface area is 199 Å². The molecule has 2 aromatic rings. The molecule has 2 unspecified atom stereocenters. The molecule has 5 rings (SSSR count). The summed E-state index contributed by atoms with van der Waals surface area (Å²) in [6.07, 6.45) is 3.53. The molecule has 180 valence electrons. The van der Waals surface area contributed by atoms with E-state index >= 15 is 0 Å². The number of rotatable bonds is 5. The predicted molar refractivity (Wildman–Crippen MR) is 127 cm³/mol. The molecule has 0 amide bonds. The van der Waals surface area contributed by atoms with Crippen molar-refractivity contribution in [2.45, 2.75) is 19.8 Å². The lowest BCUT2D eigenvalue weighted by molar-refractivity contribution is -0.146. The molecule has 2 saturated heterocycles. The maximum atomic E-state index is 13.2. The summed E-state index contributed by atoms with van der Waals surface area (Å²) < 4.78 is 16.6. The minimum atomic E-state index is -0.575. The fourth-order valence-corrected chi connectivity index (χ4v) is 4.82. The van der Waals surface area contributed by atoms with Crippen LogP contribution in [0.15, 0.2) is 29.5 Å². The van der Waals surface area contributed by atoms with Crippen LogP contribution in [0.2, 0.25) is 0 Å². The van der Waals surface area contributed by atoms with Crippen LogP contribution in [0.4, 0.5) is 17.6 Å². The lowest BCUT2D eigenvalue weighted by Gasteiger charge is -2.37. The molecule has 0 saturated carbocycles. The number of aliphatic imine (C=N–C) groups is 1. The van der Waals surface area contributed by atoms with Crippen LogP contribution in [0, 0.1) is 5.92 Å². The number of carbonyl (C=O) groups excluding carboxylic acids is 1. The van der Waals surface area contributed by atoms with Gasteiger partial charge in [-0.05, 0) is 25.5 Å². The van der Waals surface area contributed by atoms with Gasteiger partial charge in [0.1, 0.15) is 11.7 Å². The van der Waals surface area contributed by atoms with E-state index in [2.05, 4.69) is 14.8 Å². The van der Waals surface area contributed by atoms with Crippen LogP contribution in [-0.4, -0.2) is 85.8 Å². The van der Waals surface area contributed by atoms with E-state index in [1.54, 1.807) is 12.4 Å². The fourth-order valence-electron chi connectivity index (χ4n) is 4.82. The molecule has 2 aromatic heterocycles. The van der Waals surface area contributed by atoms with Gasteiger partial charge in [-0.1, -0.05) is 6.07 Å². The Morgan fingerprint density at radius 2 is 1.79 bits per heavy atom. The standard InChI is InChI=1S/C24H30N6O4/c1-3-34-23(31)18-16(2)26-21-20(19(18)17-5-4-6-25-15-17)22(29-7-11-32-12-8-29)28-24(27-21)30-9-13-33-14-10-30/h4-6,15,18-19H,3,7-14H2,1-2H3. The number of pyridine rings is 1. The normalized spacial score (nSPS) is 22.7. The molecule has 5 heterocycles. The number of ether oxygens (including phenoxy) is 3. The third kappa shape index (κ3) is 4.35. The molecule has 10 heteroatoms. The number of anilines is 2. The number of hydrogen-bond acceptors (Lipinski definition) is 10. The van der Waals surface area contributed by atoms with Gasteiger partial charge < -0.3 is 24.0 Å². The molecule has 0 aromatic carbocycles. The van der Waals surface area contributed by atoms with E-state index in [1.807, 2.05) is 26.0 Å². The van der Waals surface area contributed by atoms with Gasteiger partial charge in [0.2, 0.25) is 5.95 Å². The SMILES string of the molecule is CCOC(=O)C1C(C)=Nc2nc(N3CCOCC3)nc(N3CCOCC3)c2C1c1cccnc1. The average Bonchev–Trinajstić information content (AvgIpc) is 2.89. The predicted octanol–water partition coefficient (Wildman–Crippen LogP) is 1.96. The highest BCUT2D eigenvalue weighted by atomic mass is 16.5. The third-order valence-electron chi connectivity index (χ3n) is 6.46. The Balaban J connectivity index is 1.70. The third-order valence-corrected chi connectivity index (χ3v) is 6.46. The van der Waals surface area contributed by atoms with Crippen LogP contribution < -0.4 is 9.80 Å². The first-order valence-electron chi connectivity index (χ1n) is 11.9. The molecule has 2 atom stereocenters. The van der Waals surface area contributed by atoms with Crippen LogP contribution in [-0.2, 0) is 19.0 Å². The van der Waals surface area contributed by atoms with E-state index in [-0.39, 0.29) is 11.9 Å². The summed E-state index contributed by atoms with van der Waals surface area (Å²) in [5.41, 5.74) is 2.43. The monoisotopic (exact) mass is 466 g/mol. The maximum absolute atomic E-state index is 13.2. The van der Waals surface area contributed by atoms with Gasteiger partial charge in [0.15, 0.2) is 5.82 Å². The first kappa shape index (κ1) is 22.7. The topological polar surface area (TPSA) is 102 Å². The van der Waals surface area contributed by atoms with Gasteiger partial charge in [-0.3, -0.25) is 9.78 Å². The molecule has 0 aliphatic carbocycles. The summed E-state index contributed by atoms with van der Waals surface area (Å²) in [6, 6.07) is 3.88. The lowest BCUT2D eigenvalue weighted by atomic mass is 9.77. The number of hydrogen-bond donors (Lipinski definition) is 0. The van der Waals surface area contributed by atoms with Gasteiger partial charge >= 0.3 is 5.97 Å². The first-order valence-corrected chi connectivity index (χ1v) is 11.9. The van der Waals surface area contributed by atoms with E-state index in [9.17, 15) is 4.79 Å². The van der Waals surface area contributed by atoms with E-state index in [0.717, 1.165) is 30.0 Å². The van der Waals surface area contributed by atoms with E-state index < -0.39 is 5.92 Å². The van der Waals surface area contributed by atoms with Crippen molar-refractivity contribution >= 4 is 29.3 Å². The molecule has 34 heavy (non-hydrogen) atoms. The minimum absolute atomic E-state index is 0.298. The van der Waals surface area contributed by atoms with Crippen molar-refractivity contribution in [1.29, 1.82) is 0 Å². The number of carbonyl (C=O) groups is 1. The molecular weight excluding hydrogens is 436 g/mol. The highest BCUT2D eigenvalue weighted by Crippen LogP contribution is 2.46. The Morgan fingerprint density at radius 3 is 2.44 bits per heavy atom. The second-order valence-electron chi connectivity index (χ2n) is 8.53. The van der Waals surface area contributed by atoms with Crippen molar-refractivity contribution in [3.63, 3.8) is 0 Å². The van der Waals surface area contributed by atoms with Crippen molar-refractivity contribution in [2.75, 3.05) is 69.0 Å². The second kappa shape index (κ2) is 10.0. The zero-order valence-corrected chi connectivity index (χ0v) is 19.6. The summed E-state index contributed by atoms with van der Waals surface area (Å²) in [4.78, 5) is 36.7. The molecule has 2 fully saturated rings. The van der Waals surface area contributed by atoms with Gasteiger partial charge in [-0.15, -0.1) is 0 Å². The summed E-state index contributed by atoms with van der Waals surface area (Å²) in [7, 11) is 0. The number of aromatic nitrogens is 3. The van der Waals surface area contributed by atoms with E-state index in [4.69, 9.17) is 29.2 Å². The van der Waals surface area contributed by atoms with Crippen LogP contribution in [0.1, 0.15) is 30.9 Å². The van der Waals surface area contributed by atoms with Crippen LogP contribution in [0.5, 0.6) is 0 Å². The molecule has 3 aliphatic rings. The fraction of sp³-hybridized carbons (Fsp3) is 0.542. The Hall–Kier alpha value is -3.11. The molecular formula is C24H30N6O4. The van der Waals surface area contributed by atoms with Crippen molar-refractivity contribution in [3.8, 4) is 0 Å². The highest BCUT2D eigenvalue weighted by molar-refractivity contribution is 6.05. The second-order valence-corrected chi connectivity index (χ2v) is 8.53.